The van der Waals surface area contributed by atoms with E-state index in [0.717, 1.165) is 9.46 Å². The van der Waals surface area contributed by atoms with Crippen LogP contribution in [0.2, 0.25) is 10.0 Å². The highest BCUT2D eigenvalue weighted by Gasteiger charge is 2.31. The molecule has 0 unspecified atom stereocenters. The van der Waals surface area contributed by atoms with Gasteiger partial charge in [0.25, 0.3) is 0 Å². The highest BCUT2D eigenvalue weighted by atomic mass is 79.9. The second-order valence-electron chi connectivity index (χ2n) is 4.85. The lowest BCUT2D eigenvalue weighted by atomic mass is 10.1. The molecule has 0 spiro atoms. The van der Waals surface area contributed by atoms with E-state index in [2.05, 4.69) is 42.2 Å². The van der Waals surface area contributed by atoms with Crippen LogP contribution in [0.15, 0.2) is 33.9 Å². The zero-order chi connectivity index (χ0) is 18.8. The molecule has 0 fully saturated rings. The molecule has 0 saturated carbocycles. The smallest absolute Gasteiger partial charge is 0.397 e. The van der Waals surface area contributed by atoms with Crippen molar-refractivity contribution in [3.05, 3.63) is 49.5 Å². The minimum Gasteiger partial charge on any atom is -0.397 e. The predicted octanol–water partition coefficient (Wildman–Crippen LogP) is 6.70. The molecule has 25 heavy (non-hydrogen) atoms. The van der Waals surface area contributed by atoms with Gasteiger partial charge in [-0.3, -0.25) is 4.98 Å². The molecule has 3 N–H and O–H groups in total. The van der Waals surface area contributed by atoms with Crippen molar-refractivity contribution in [1.29, 1.82) is 0 Å². The predicted molar refractivity (Wildman–Crippen MR) is 104 cm³/mol. The largest absolute Gasteiger partial charge is 0.417 e. The molecule has 134 valence electrons. The summed E-state index contributed by atoms with van der Waals surface area (Å²) in [7, 11) is 0. The zero-order valence-corrected chi connectivity index (χ0v) is 16.9. The Labute approximate surface area is 168 Å². The Morgan fingerprint density at radius 1 is 1.20 bits per heavy atom. The molecule has 1 heterocycles. The van der Waals surface area contributed by atoms with Crippen LogP contribution < -0.4 is 11.1 Å². The molecule has 0 aliphatic rings. The van der Waals surface area contributed by atoms with Crippen LogP contribution in [0.1, 0.15) is 5.56 Å². The number of halogens is 7. The molecule has 0 aliphatic heterocycles. The first kappa shape index (κ1) is 20.4. The topological polar surface area (TPSA) is 50.9 Å². The fraction of sp³-hybridized carbons (Fsp3) is 0.133. The maximum atomic E-state index is 12.7. The summed E-state index contributed by atoms with van der Waals surface area (Å²) in [5.74, 6) is 0. The van der Waals surface area contributed by atoms with Crippen LogP contribution in [0.3, 0.4) is 0 Å². The summed E-state index contributed by atoms with van der Waals surface area (Å²) in [6, 6.07) is 3.99. The van der Waals surface area contributed by atoms with Crippen molar-refractivity contribution in [3.63, 3.8) is 0 Å². The number of nitrogens with one attached hydrogen (secondary N) is 1. The van der Waals surface area contributed by atoms with Crippen molar-refractivity contribution in [2.75, 3.05) is 17.6 Å². The molecule has 1 aromatic carbocycles. The van der Waals surface area contributed by atoms with E-state index < -0.39 is 11.7 Å². The lowest BCUT2D eigenvalue weighted by Gasteiger charge is -2.14. The number of pyridine rings is 1. The lowest BCUT2D eigenvalue weighted by Crippen LogP contribution is -2.07. The molecule has 0 aliphatic carbocycles. The number of anilines is 2. The van der Waals surface area contributed by atoms with Crippen molar-refractivity contribution in [1.82, 2.24) is 4.98 Å². The number of benzene rings is 1. The van der Waals surface area contributed by atoms with Crippen LogP contribution in [0, 0.1) is 0 Å². The number of aromatic nitrogens is 1. The van der Waals surface area contributed by atoms with Crippen LogP contribution in [0.25, 0.3) is 11.3 Å². The van der Waals surface area contributed by atoms with Crippen LogP contribution in [0.4, 0.5) is 24.5 Å². The summed E-state index contributed by atoms with van der Waals surface area (Å²) in [5.41, 5.74) is 5.64. The van der Waals surface area contributed by atoms with Gasteiger partial charge in [-0.15, -0.1) is 0 Å². The lowest BCUT2D eigenvalue weighted by molar-refractivity contribution is -0.137. The first-order valence-electron chi connectivity index (χ1n) is 6.66. The van der Waals surface area contributed by atoms with Crippen LogP contribution in [0.5, 0.6) is 0 Å². The maximum absolute atomic E-state index is 12.7. The van der Waals surface area contributed by atoms with E-state index >= 15 is 0 Å². The van der Waals surface area contributed by atoms with E-state index in [0.29, 0.717) is 18.4 Å². The van der Waals surface area contributed by atoms with Gasteiger partial charge in [0.1, 0.15) is 0 Å². The Balaban J connectivity index is 2.39. The van der Waals surface area contributed by atoms with Gasteiger partial charge >= 0.3 is 6.18 Å². The number of rotatable bonds is 4. The number of hydrogen-bond acceptors (Lipinski definition) is 3. The van der Waals surface area contributed by atoms with E-state index in [9.17, 15) is 13.2 Å². The highest BCUT2D eigenvalue weighted by Crippen LogP contribution is 2.40. The summed E-state index contributed by atoms with van der Waals surface area (Å²) in [6.07, 6.45) is -2.01. The average molecular weight is 520 g/mol. The first-order chi connectivity index (χ1) is 11.6. The van der Waals surface area contributed by atoms with Crippen LogP contribution in [-0.2, 0) is 6.18 Å². The summed E-state index contributed by atoms with van der Waals surface area (Å²) < 4.78 is 38.9. The average Bonchev–Trinajstić information content (AvgIpc) is 2.46. The van der Waals surface area contributed by atoms with Gasteiger partial charge in [-0.2, -0.15) is 13.2 Å². The summed E-state index contributed by atoms with van der Waals surface area (Å²) in [4.78, 5) is 3.80. The quantitative estimate of drug-likeness (QED) is 0.472. The SMILES string of the molecule is Nc1cc(C(F)(F)F)cnc1-c1c(Cl)cc(NCC=C(Br)Br)cc1Cl. The Bertz CT molecular complexity index is 799. The molecule has 0 bridgehead atoms. The summed E-state index contributed by atoms with van der Waals surface area (Å²) in [5, 5.41) is 3.51. The fourth-order valence-corrected chi connectivity index (χ4v) is 2.98. The zero-order valence-electron chi connectivity index (χ0n) is 12.3. The van der Waals surface area contributed by atoms with E-state index in [4.69, 9.17) is 28.9 Å². The standard InChI is InChI=1S/C15H10Br2Cl2F3N3/c16-12(17)1-2-24-8-4-9(18)13(10(19)5-8)14-11(23)3-7(6-25-14)15(20,21)22/h1,3-6,24H,2,23H2. The Morgan fingerprint density at radius 3 is 2.28 bits per heavy atom. The van der Waals surface area contributed by atoms with Gasteiger partial charge in [-0.05, 0) is 56.1 Å². The third kappa shape index (κ3) is 5.26. The molecule has 10 heteroatoms. The van der Waals surface area contributed by atoms with Gasteiger partial charge in [0.05, 0.1) is 30.4 Å². The number of nitrogens with two attached hydrogens (primary N) is 1. The monoisotopic (exact) mass is 517 g/mol. The van der Waals surface area contributed by atoms with Crippen LogP contribution >= 0.6 is 55.1 Å². The second kappa shape index (κ2) is 8.16. The number of alkyl halides is 3. The van der Waals surface area contributed by atoms with E-state index in [1.54, 1.807) is 12.1 Å². The molecule has 0 saturated heterocycles. The molecule has 0 atom stereocenters. The van der Waals surface area contributed by atoms with Crippen molar-refractivity contribution in [2.24, 2.45) is 0 Å². The molecule has 2 aromatic rings. The van der Waals surface area contributed by atoms with Crippen molar-refractivity contribution < 1.29 is 13.2 Å². The highest BCUT2D eigenvalue weighted by molar-refractivity contribution is 9.28. The fourth-order valence-electron chi connectivity index (χ4n) is 1.99. The van der Waals surface area contributed by atoms with Gasteiger partial charge in [-0.1, -0.05) is 23.2 Å². The summed E-state index contributed by atoms with van der Waals surface area (Å²) >= 11 is 18.9. The van der Waals surface area contributed by atoms with E-state index in [1.807, 2.05) is 6.08 Å². The van der Waals surface area contributed by atoms with Crippen molar-refractivity contribution >= 4 is 66.4 Å². The van der Waals surface area contributed by atoms with Gasteiger partial charge in [-0.25, -0.2) is 0 Å². The molecule has 1 aromatic heterocycles. The van der Waals surface area contributed by atoms with Crippen molar-refractivity contribution in [3.8, 4) is 11.3 Å². The van der Waals surface area contributed by atoms with Gasteiger partial charge in [0.2, 0.25) is 0 Å². The third-order valence-electron chi connectivity index (χ3n) is 3.09. The number of nitrogens with zero attached hydrogens (tertiary/aromatic N) is 1. The third-order valence-corrected chi connectivity index (χ3v) is 4.33. The Kier molecular flexibility index (Phi) is 6.64. The van der Waals surface area contributed by atoms with Crippen LogP contribution in [-0.4, -0.2) is 11.5 Å². The molecular weight excluding hydrogens is 510 g/mol. The molecule has 0 radical (unpaired) electrons. The van der Waals surface area contributed by atoms with E-state index in [1.165, 1.54) is 0 Å². The Morgan fingerprint density at radius 2 is 1.80 bits per heavy atom. The minimum atomic E-state index is -4.53. The Hall–Kier alpha value is -0.960. The number of nitrogen functional groups attached to an aromatic ring is 1. The van der Waals surface area contributed by atoms with Gasteiger partial charge < -0.3 is 11.1 Å². The minimum absolute atomic E-state index is 0.0950. The normalized spacial score (nSPS) is 11.3. The molecule has 2 rings (SSSR count). The second-order valence-corrected chi connectivity index (χ2v) is 8.44. The van der Waals surface area contributed by atoms with Gasteiger partial charge in [0.15, 0.2) is 0 Å². The first-order valence-corrected chi connectivity index (χ1v) is 9.01. The molecular formula is C15H10Br2Cl2F3N3. The molecule has 0 amide bonds. The maximum Gasteiger partial charge on any atom is 0.417 e. The van der Waals surface area contributed by atoms with Crippen molar-refractivity contribution in [2.45, 2.75) is 6.18 Å². The number of hydrogen-bond donors (Lipinski definition) is 2. The summed E-state index contributed by atoms with van der Waals surface area (Å²) in [6.45, 7) is 0.499. The van der Waals surface area contributed by atoms with E-state index in [-0.39, 0.29) is 27.0 Å². The molecule has 3 nitrogen and oxygen atoms in total. The van der Waals surface area contributed by atoms with Gasteiger partial charge in [0, 0.05) is 24.0 Å².